The first-order valence-electron chi connectivity index (χ1n) is 7.60. The third-order valence-electron chi connectivity index (χ3n) is 3.83. The van der Waals surface area contributed by atoms with Crippen LogP contribution in [0.25, 0.3) is 0 Å². The quantitative estimate of drug-likeness (QED) is 0.576. The number of hydrogen-bond acceptors (Lipinski definition) is 2. The summed E-state index contributed by atoms with van der Waals surface area (Å²) < 4.78 is 7.00. The van der Waals surface area contributed by atoms with Gasteiger partial charge in [-0.15, -0.1) is 0 Å². The van der Waals surface area contributed by atoms with E-state index >= 15 is 0 Å². The van der Waals surface area contributed by atoms with Gasteiger partial charge in [-0.1, -0.05) is 0 Å². The molecule has 4 heteroatoms. The Labute approximate surface area is 143 Å². The molecule has 2 atom stereocenters. The van der Waals surface area contributed by atoms with Gasteiger partial charge >= 0.3 is 143 Å². The van der Waals surface area contributed by atoms with E-state index in [2.05, 4.69) is 30.8 Å². The fourth-order valence-corrected chi connectivity index (χ4v) is 4.95. The van der Waals surface area contributed by atoms with Crippen LogP contribution in [0.4, 0.5) is 4.79 Å². The number of cyclic esters (lactones) is 1. The molecule has 0 aliphatic carbocycles. The maximum atomic E-state index is 12.2. The molecule has 1 fully saturated rings. The maximum absolute atomic E-state index is 12.2. The van der Waals surface area contributed by atoms with Crippen molar-refractivity contribution in [2.45, 2.75) is 17.5 Å². The average molecular weight is 372 g/mol. The van der Waals surface area contributed by atoms with E-state index in [9.17, 15) is 4.79 Å². The van der Waals surface area contributed by atoms with Crippen molar-refractivity contribution in [1.82, 2.24) is 4.90 Å². The molecule has 0 aromatic heterocycles. The average Bonchev–Trinajstić information content (AvgIpc) is 2.91. The van der Waals surface area contributed by atoms with Crippen molar-refractivity contribution < 1.29 is 9.53 Å². The Morgan fingerprint density at radius 2 is 1.74 bits per heavy atom. The van der Waals surface area contributed by atoms with Gasteiger partial charge < -0.3 is 0 Å². The van der Waals surface area contributed by atoms with Crippen molar-refractivity contribution >= 4 is 25.5 Å². The van der Waals surface area contributed by atoms with Crippen LogP contribution in [0, 0.1) is 0 Å². The number of benzene rings is 2. The zero-order valence-corrected chi connectivity index (χ0v) is 14.5. The predicted octanol–water partition coefficient (Wildman–Crippen LogP) is 3.18. The molecular weight excluding hydrogens is 353 g/mol. The number of carbonyl (C=O) groups excluding carboxylic acids is 1. The van der Waals surface area contributed by atoms with Gasteiger partial charge in [0, 0.05) is 0 Å². The molecule has 0 radical (unpaired) electrons. The van der Waals surface area contributed by atoms with Crippen LogP contribution >= 0.6 is 0 Å². The number of carbonyl (C=O) groups is 1. The van der Waals surface area contributed by atoms with Crippen LogP contribution in [0.1, 0.15) is 11.7 Å². The Balaban J connectivity index is 1.80. The van der Waals surface area contributed by atoms with Crippen LogP contribution in [-0.2, 0) is 4.74 Å². The molecule has 0 spiro atoms. The third kappa shape index (κ3) is 3.66. The SMILES string of the molecule is C=CCN1C(=O)OC(c2ccccc2)C1C[Se]c1ccccc1. The number of amides is 1. The van der Waals surface area contributed by atoms with E-state index in [4.69, 9.17) is 4.74 Å². The van der Waals surface area contributed by atoms with Gasteiger partial charge in [0.1, 0.15) is 0 Å². The first-order chi connectivity index (χ1) is 11.3. The summed E-state index contributed by atoms with van der Waals surface area (Å²) in [5.74, 6) is 0. The summed E-state index contributed by atoms with van der Waals surface area (Å²) in [6.45, 7) is 4.29. The first kappa shape index (κ1) is 15.8. The summed E-state index contributed by atoms with van der Waals surface area (Å²) in [4.78, 5) is 14.0. The molecule has 118 valence electrons. The molecule has 1 saturated heterocycles. The predicted molar refractivity (Wildman–Crippen MR) is 93.0 cm³/mol. The topological polar surface area (TPSA) is 29.5 Å². The van der Waals surface area contributed by atoms with Crippen LogP contribution in [0.15, 0.2) is 73.3 Å². The van der Waals surface area contributed by atoms with E-state index in [-0.39, 0.29) is 18.2 Å². The van der Waals surface area contributed by atoms with E-state index in [0.717, 1.165) is 10.9 Å². The second-order valence-corrected chi connectivity index (χ2v) is 7.64. The summed E-state index contributed by atoms with van der Waals surface area (Å²) in [6, 6.07) is 20.5. The summed E-state index contributed by atoms with van der Waals surface area (Å²) in [5, 5.41) is 0.927. The van der Waals surface area contributed by atoms with Crippen LogP contribution in [-0.4, -0.2) is 38.5 Å². The van der Waals surface area contributed by atoms with E-state index in [0.29, 0.717) is 21.5 Å². The summed E-state index contributed by atoms with van der Waals surface area (Å²) >= 11 is 0.298. The first-order valence-corrected chi connectivity index (χ1v) is 9.67. The second kappa shape index (κ2) is 7.49. The molecule has 1 aliphatic heterocycles. The van der Waals surface area contributed by atoms with Gasteiger partial charge in [0.15, 0.2) is 0 Å². The van der Waals surface area contributed by atoms with Gasteiger partial charge in [-0.05, 0) is 0 Å². The minimum atomic E-state index is -0.243. The Morgan fingerprint density at radius 3 is 2.39 bits per heavy atom. The van der Waals surface area contributed by atoms with E-state index in [1.165, 1.54) is 4.46 Å². The van der Waals surface area contributed by atoms with Crippen molar-refractivity contribution in [1.29, 1.82) is 0 Å². The molecule has 0 bridgehead atoms. The molecule has 2 unspecified atom stereocenters. The number of rotatable bonds is 6. The van der Waals surface area contributed by atoms with Gasteiger partial charge in [-0.3, -0.25) is 0 Å². The van der Waals surface area contributed by atoms with E-state index in [1.807, 2.05) is 36.4 Å². The van der Waals surface area contributed by atoms with Crippen molar-refractivity contribution in [2.24, 2.45) is 0 Å². The Kier molecular flexibility index (Phi) is 5.16. The van der Waals surface area contributed by atoms with Crippen molar-refractivity contribution in [3.63, 3.8) is 0 Å². The molecule has 3 nitrogen and oxygen atoms in total. The van der Waals surface area contributed by atoms with Crippen molar-refractivity contribution in [3.8, 4) is 0 Å². The van der Waals surface area contributed by atoms with E-state index in [1.54, 1.807) is 11.0 Å². The number of ether oxygens (including phenoxy) is 1. The van der Waals surface area contributed by atoms with Gasteiger partial charge in [0.05, 0.1) is 0 Å². The Morgan fingerprint density at radius 1 is 1.09 bits per heavy atom. The van der Waals surface area contributed by atoms with Crippen LogP contribution in [0.2, 0.25) is 5.32 Å². The van der Waals surface area contributed by atoms with Crippen LogP contribution in [0.3, 0.4) is 0 Å². The minimum absolute atomic E-state index is 0.0584. The molecule has 1 heterocycles. The standard InChI is InChI=1S/C19H19NO2Se/c1-2-13-20-17(14-23-16-11-7-4-8-12-16)18(22-19(20)21)15-9-5-3-6-10-15/h2-12,17-18H,1,13-14H2. The summed E-state index contributed by atoms with van der Waals surface area (Å²) in [5.41, 5.74) is 1.06. The fraction of sp³-hybridized carbons (Fsp3) is 0.211. The Bertz CT molecular complexity index is 660. The molecular formula is C19H19NO2Se. The molecule has 1 aliphatic rings. The monoisotopic (exact) mass is 373 g/mol. The number of hydrogen-bond donors (Lipinski definition) is 0. The molecule has 2 aromatic rings. The summed E-state index contributed by atoms with van der Waals surface area (Å²) in [6.07, 6.45) is 1.32. The normalized spacial score (nSPS) is 20.3. The molecule has 0 saturated carbocycles. The molecule has 23 heavy (non-hydrogen) atoms. The van der Waals surface area contributed by atoms with Gasteiger partial charge in [0.25, 0.3) is 0 Å². The third-order valence-corrected chi connectivity index (χ3v) is 6.17. The van der Waals surface area contributed by atoms with Crippen LogP contribution < -0.4 is 4.46 Å². The molecule has 3 rings (SSSR count). The van der Waals surface area contributed by atoms with Gasteiger partial charge in [0.2, 0.25) is 0 Å². The van der Waals surface area contributed by atoms with Gasteiger partial charge in [-0.25, -0.2) is 0 Å². The Hall–Kier alpha value is -2.03. The molecule has 1 amide bonds. The second-order valence-electron chi connectivity index (χ2n) is 5.35. The summed E-state index contributed by atoms with van der Waals surface area (Å²) in [7, 11) is 0. The molecule has 0 N–H and O–H groups in total. The van der Waals surface area contributed by atoms with Gasteiger partial charge in [-0.2, -0.15) is 0 Å². The zero-order valence-electron chi connectivity index (χ0n) is 12.8. The number of nitrogens with zero attached hydrogens (tertiary/aromatic N) is 1. The van der Waals surface area contributed by atoms with E-state index < -0.39 is 0 Å². The zero-order chi connectivity index (χ0) is 16.1. The molecule has 2 aromatic carbocycles. The van der Waals surface area contributed by atoms with Crippen molar-refractivity contribution in [3.05, 3.63) is 78.9 Å². The van der Waals surface area contributed by atoms with Crippen molar-refractivity contribution in [2.75, 3.05) is 6.54 Å². The van der Waals surface area contributed by atoms with Crippen LogP contribution in [0.5, 0.6) is 0 Å². The fourth-order valence-electron chi connectivity index (χ4n) is 2.71.